The molecule has 3 fully saturated rings. The van der Waals surface area contributed by atoms with Gasteiger partial charge in [-0.1, -0.05) is 6.07 Å². The molecular formula is C19H25N3O8S. The van der Waals surface area contributed by atoms with Gasteiger partial charge in [0.15, 0.2) is 23.7 Å². The Kier molecular flexibility index (Phi) is 4.57. The van der Waals surface area contributed by atoms with Crippen molar-refractivity contribution in [1.82, 2.24) is 0 Å². The second-order valence-corrected chi connectivity index (χ2v) is 10.1. The van der Waals surface area contributed by atoms with E-state index < -0.39 is 52.5 Å². The highest BCUT2D eigenvalue weighted by Crippen LogP contribution is 2.44. The van der Waals surface area contributed by atoms with Crippen molar-refractivity contribution in [2.75, 3.05) is 11.3 Å². The van der Waals surface area contributed by atoms with Crippen LogP contribution in [0.25, 0.3) is 0 Å². The minimum absolute atomic E-state index is 0.0874. The van der Waals surface area contributed by atoms with Crippen LogP contribution in [0.3, 0.4) is 0 Å². The van der Waals surface area contributed by atoms with Gasteiger partial charge >= 0.3 is 10.2 Å². The minimum atomic E-state index is -3.88. The largest absolute Gasteiger partial charge is 0.490 e. The molecule has 3 N–H and O–H groups in total. The maximum atomic E-state index is 11.8. The monoisotopic (exact) mass is 455 g/mol. The average Bonchev–Trinajstić information content (AvgIpc) is 3.12. The van der Waals surface area contributed by atoms with Crippen LogP contribution in [0.2, 0.25) is 0 Å². The fraction of sp³-hybridized carbons (Fsp3) is 0.632. The summed E-state index contributed by atoms with van der Waals surface area (Å²) in [4.78, 5) is 0. The third kappa shape index (κ3) is 3.77. The zero-order valence-corrected chi connectivity index (χ0v) is 18.3. The quantitative estimate of drug-likeness (QED) is 0.678. The smallest absolute Gasteiger partial charge is 0.344 e. The Bertz CT molecular complexity index is 1040. The Hall–Kier alpha value is -1.96. The first-order chi connectivity index (χ1) is 14.4. The first kappa shape index (κ1) is 20.9. The second kappa shape index (κ2) is 6.77. The lowest BCUT2D eigenvalue weighted by molar-refractivity contribution is -0.238. The molecule has 3 saturated heterocycles. The highest BCUT2D eigenvalue weighted by Gasteiger charge is 2.60. The molecule has 0 radical (unpaired) electrons. The van der Waals surface area contributed by atoms with E-state index in [2.05, 4.69) is 9.12 Å². The molecule has 4 heterocycles. The van der Waals surface area contributed by atoms with E-state index in [-0.39, 0.29) is 12.4 Å². The maximum Gasteiger partial charge on any atom is 0.344 e. The predicted molar refractivity (Wildman–Crippen MR) is 108 cm³/mol. The minimum Gasteiger partial charge on any atom is -0.490 e. The van der Waals surface area contributed by atoms with E-state index in [1.54, 1.807) is 18.2 Å². The van der Waals surface area contributed by atoms with Crippen LogP contribution in [0.5, 0.6) is 5.75 Å². The highest BCUT2D eigenvalue weighted by molar-refractivity contribution is 7.91. The lowest BCUT2D eigenvalue weighted by atomic mass is 9.99. The molecule has 0 saturated carbocycles. The number of nitrogens with two attached hydrogens (primary N) is 1. The van der Waals surface area contributed by atoms with Gasteiger partial charge in [-0.25, -0.2) is 0 Å². The average molecular weight is 455 g/mol. The number of fused-ring (bicyclic) bond motifs is 4. The van der Waals surface area contributed by atoms with E-state index in [4.69, 9.17) is 34.2 Å². The summed E-state index contributed by atoms with van der Waals surface area (Å²) in [7, 11) is -3.88. The number of benzene rings is 1. The van der Waals surface area contributed by atoms with Crippen molar-refractivity contribution in [2.24, 2.45) is 10.1 Å². The van der Waals surface area contributed by atoms with Crippen LogP contribution in [-0.4, -0.2) is 63.1 Å². The van der Waals surface area contributed by atoms with Gasteiger partial charge in [-0.05, 0) is 39.8 Å². The van der Waals surface area contributed by atoms with Gasteiger partial charge in [0, 0.05) is 0 Å². The maximum absolute atomic E-state index is 11.8. The first-order valence-corrected chi connectivity index (χ1v) is 11.4. The Morgan fingerprint density at radius 3 is 2.52 bits per heavy atom. The third-order valence-corrected chi connectivity index (χ3v) is 6.31. The van der Waals surface area contributed by atoms with Crippen molar-refractivity contribution < 1.29 is 36.8 Å². The number of ether oxygens (including phenoxy) is 6. The summed E-state index contributed by atoms with van der Waals surface area (Å²) in [5.74, 6) is -1.41. The molecule has 12 heteroatoms. The van der Waals surface area contributed by atoms with E-state index in [1.807, 2.05) is 27.7 Å². The molecule has 0 aromatic heterocycles. The van der Waals surface area contributed by atoms with E-state index in [1.165, 1.54) is 0 Å². The number of rotatable bonds is 3. The van der Waals surface area contributed by atoms with Gasteiger partial charge < -0.3 is 34.2 Å². The summed E-state index contributed by atoms with van der Waals surface area (Å²) < 4.78 is 65.6. The Labute approximate surface area is 180 Å². The molecule has 4 aliphatic heterocycles. The molecular weight excluding hydrogens is 430 g/mol. The van der Waals surface area contributed by atoms with Crippen molar-refractivity contribution in [2.45, 2.75) is 70.0 Å². The SMILES string of the molecule is CC1(C)OC2OC(COc3cccc4c3C(N)=NS(=O)(=O)N4)C3OC(C)(C)OC3C2O1. The van der Waals surface area contributed by atoms with Crippen molar-refractivity contribution >= 4 is 21.7 Å². The Morgan fingerprint density at radius 1 is 1.06 bits per heavy atom. The fourth-order valence-corrected chi connectivity index (χ4v) is 5.18. The van der Waals surface area contributed by atoms with Gasteiger partial charge in [0.2, 0.25) is 0 Å². The molecule has 170 valence electrons. The fourth-order valence-electron chi connectivity index (χ4n) is 4.34. The highest BCUT2D eigenvalue weighted by atomic mass is 32.2. The van der Waals surface area contributed by atoms with Crippen molar-refractivity contribution in [3.8, 4) is 5.75 Å². The van der Waals surface area contributed by atoms with Gasteiger partial charge in [-0.15, -0.1) is 4.40 Å². The predicted octanol–water partition coefficient (Wildman–Crippen LogP) is 0.838. The molecule has 1 aromatic carbocycles. The standard InChI is InChI=1S/C19H25N3O8S/c1-18(2)27-13-11(26-17-15(14(13)28-18)29-19(3,4)30-17)8-25-10-7-5-6-9-12(10)16(20)22-31(23,24)21-9/h5-7,11,13-15,17,21H,8H2,1-4H3,(H2,20,22). The first-order valence-electron chi connectivity index (χ1n) is 9.94. The van der Waals surface area contributed by atoms with Crippen LogP contribution >= 0.6 is 0 Å². The molecule has 1 aromatic rings. The van der Waals surface area contributed by atoms with Gasteiger partial charge in [-0.3, -0.25) is 4.72 Å². The molecule has 11 nitrogen and oxygen atoms in total. The molecule has 0 spiro atoms. The van der Waals surface area contributed by atoms with Crippen LogP contribution in [0, 0.1) is 0 Å². The van der Waals surface area contributed by atoms with Crippen LogP contribution in [0.15, 0.2) is 22.6 Å². The van der Waals surface area contributed by atoms with E-state index in [0.717, 1.165) is 0 Å². The zero-order chi connectivity index (χ0) is 22.2. The molecule has 5 rings (SSSR count). The molecule has 0 bridgehead atoms. The van der Waals surface area contributed by atoms with Crippen LogP contribution in [0.1, 0.15) is 33.3 Å². The Balaban J connectivity index is 1.39. The summed E-state index contributed by atoms with van der Waals surface area (Å²) in [5, 5.41) is 0. The summed E-state index contributed by atoms with van der Waals surface area (Å²) in [6.07, 6.45) is -2.44. The summed E-state index contributed by atoms with van der Waals surface area (Å²) in [6.45, 7) is 7.38. The van der Waals surface area contributed by atoms with Gasteiger partial charge in [-0.2, -0.15) is 8.42 Å². The summed E-state index contributed by atoms with van der Waals surface area (Å²) in [5.41, 5.74) is 6.55. The van der Waals surface area contributed by atoms with Gasteiger partial charge in [0.1, 0.15) is 36.8 Å². The number of hydrogen-bond donors (Lipinski definition) is 2. The number of anilines is 1. The summed E-state index contributed by atoms with van der Waals surface area (Å²) in [6, 6.07) is 4.92. The van der Waals surface area contributed by atoms with Crippen LogP contribution in [-0.2, 0) is 33.9 Å². The zero-order valence-electron chi connectivity index (χ0n) is 17.5. The van der Waals surface area contributed by atoms with E-state index >= 15 is 0 Å². The lowest BCUT2D eigenvalue weighted by Gasteiger charge is -2.37. The van der Waals surface area contributed by atoms with E-state index in [0.29, 0.717) is 17.0 Å². The summed E-state index contributed by atoms with van der Waals surface area (Å²) >= 11 is 0. The molecule has 0 amide bonds. The van der Waals surface area contributed by atoms with Gasteiger partial charge in [0.25, 0.3) is 0 Å². The van der Waals surface area contributed by atoms with Crippen LogP contribution < -0.4 is 15.2 Å². The molecule has 4 aliphatic rings. The molecule has 5 unspecified atom stereocenters. The molecule has 31 heavy (non-hydrogen) atoms. The number of nitrogens with one attached hydrogen (secondary N) is 1. The molecule has 5 atom stereocenters. The number of nitrogens with zero attached hydrogens (tertiary/aromatic N) is 1. The van der Waals surface area contributed by atoms with E-state index in [9.17, 15) is 8.42 Å². The number of amidine groups is 1. The normalized spacial score (nSPS) is 36.5. The lowest BCUT2D eigenvalue weighted by Crippen LogP contribution is -2.56. The second-order valence-electron chi connectivity index (χ2n) is 8.75. The van der Waals surface area contributed by atoms with Crippen molar-refractivity contribution in [1.29, 1.82) is 0 Å². The van der Waals surface area contributed by atoms with Crippen molar-refractivity contribution in [3.05, 3.63) is 23.8 Å². The molecule has 0 aliphatic carbocycles. The van der Waals surface area contributed by atoms with Gasteiger partial charge in [0.05, 0.1) is 11.3 Å². The topological polar surface area (TPSA) is 140 Å². The van der Waals surface area contributed by atoms with Crippen molar-refractivity contribution in [3.63, 3.8) is 0 Å². The van der Waals surface area contributed by atoms with Crippen LogP contribution in [0.4, 0.5) is 5.69 Å². The number of hydrogen-bond acceptors (Lipinski definition) is 9. The third-order valence-electron chi connectivity index (χ3n) is 5.39. The Morgan fingerprint density at radius 2 is 1.74 bits per heavy atom.